The van der Waals surface area contributed by atoms with E-state index >= 15 is 0 Å². The molecule has 0 spiro atoms. The summed E-state index contributed by atoms with van der Waals surface area (Å²) in [4.78, 5) is 4.49. The van der Waals surface area contributed by atoms with Crippen molar-refractivity contribution in [2.45, 2.75) is 19.8 Å². The maximum Gasteiger partial charge on any atom is 0.227 e. The fraction of sp³-hybridized carbons (Fsp3) is 0.429. The van der Waals surface area contributed by atoms with Crippen molar-refractivity contribution in [3.63, 3.8) is 0 Å². The summed E-state index contributed by atoms with van der Waals surface area (Å²) in [5.41, 5.74) is 2.18. The molecule has 0 bridgehead atoms. The van der Waals surface area contributed by atoms with E-state index in [-0.39, 0.29) is 0 Å². The van der Waals surface area contributed by atoms with Gasteiger partial charge in [-0.2, -0.15) is 4.98 Å². The van der Waals surface area contributed by atoms with Crippen molar-refractivity contribution in [1.82, 2.24) is 15.5 Å². The molecule has 1 aliphatic heterocycles. The maximum absolute atomic E-state index is 5.35. The van der Waals surface area contributed by atoms with Gasteiger partial charge in [0, 0.05) is 16.5 Å². The highest BCUT2D eigenvalue weighted by molar-refractivity contribution is 9.10. The van der Waals surface area contributed by atoms with Crippen molar-refractivity contribution in [3.05, 3.63) is 34.1 Å². The van der Waals surface area contributed by atoms with Gasteiger partial charge in [0.15, 0.2) is 0 Å². The van der Waals surface area contributed by atoms with Crippen molar-refractivity contribution in [1.29, 1.82) is 0 Å². The van der Waals surface area contributed by atoms with Gasteiger partial charge in [-0.15, -0.1) is 0 Å². The smallest absolute Gasteiger partial charge is 0.227 e. The highest BCUT2D eigenvalue weighted by Crippen LogP contribution is 2.24. The van der Waals surface area contributed by atoms with Crippen LogP contribution in [0.2, 0.25) is 0 Å². The van der Waals surface area contributed by atoms with Crippen LogP contribution < -0.4 is 5.32 Å². The first-order chi connectivity index (χ1) is 9.22. The van der Waals surface area contributed by atoms with Crippen molar-refractivity contribution < 1.29 is 4.52 Å². The lowest BCUT2D eigenvalue weighted by Crippen LogP contribution is -2.10. The van der Waals surface area contributed by atoms with Gasteiger partial charge < -0.3 is 9.84 Å². The maximum atomic E-state index is 5.35. The van der Waals surface area contributed by atoms with E-state index in [4.69, 9.17) is 4.52 Å². The van der Waals surface area contributed by atoms with Crippen LogP contribution >= 0.6 is 15.9 Å². The minimum absolute atomic E-state index is 0.623. The van der Waals surface area contributed by atoms with Crippen LogP contribution in [0.15, 0.2) is 27.2 Å². The average molecular weight is 322 g/mol. The lowest BCUT2D eigenvalue weighted by Gasteiger charge is -2.02. The molecule has 100 valence electrons. The Morgan fingerprint density at radius 2 is 2.37 bits per heavy atom. The second-order valence-corrected chi connectivity index (χ2v) is 5.89. The Balaban J connectivity index is 1.78. The van der Waals surface area contributed by atoms with E-state index < -0.39 is 0 Å². The van der Waals surface area contributed by atoms with Gasteiger partial charge in [-0.05, 0) is 44.0 Å². The molecule has 19 heavy (non-hydrogen) atoms. The lowest BCUT2D eigenvalue weighted by atomic mass is 10.1. The molecule has 2 aromatic rings. The Labute approximate surface area is 120 Å². The van der Waals surface area contributed by atoms with Crippen LogP contribution in [0.3, 0.4) is 0 Å². The van der Waals surface area contributed by atoms with Crippen molar-refractivity contribution in [2.75, 3.05) is 13.1 Å². The highest BCUT2D eigenvalue weighted by atomic mass is 79.9. The number of hydrogen-bond acceptors (Lipinski definition) is 4. The lowest BCUT2D eigenvalue weighted by molar-refractivity contribution is 0.358. The van der Waals surface area contributed by atoms with Crippen molar-refractivity contribution in [2.24, 2.45) is 5.92 Å². The third-order valence-electron chi connectivity index (χ3n) is 3.52. The monoisotopic (exact) mass is 321 g/mol. The quantitative estimate of drug-likeness (QED) is 0.944. The number of nitrogens with one attached hydrogen (secondary N) is 1. The second kappa shape index (κ2) is 5.43. The van der Waals surface area contributed by atoms with Gasteiger partial charge >= 0.3 is 0 Å². The van der Waals surface area contributed by atoms with Crippen LogP contribution in [-0.2, 0) is 6.42 Å². The Morgan fingerprint density at radius 1 is 1.47 bits per heavy atom. The zero-order valence-electron chi connectivity index (χ0n) is 10.8. The molecule has 1 saturated heterocycles. The molecule has 0 amide bonds. The zero-order valence-corrected chi connectivity index (χ0v) is 12.4. The van der Waals surface area contributed by atoms with Gasteiger partial charge in [0.1, 0.15) is 0 Å². The molecular weight excluding hydrogens is 306 g/mol. The van der Waals surface area contributed by atoms with Crippen LogP contribution in [0.4, 0.5) is 0 Å². The molecule has 0 aliphatic carbocycles. The third-order valence-corrected chi connectivity index (χ3v) is 4.38. The van der Waals surface area contributed by atoms with E-state index in [1.54, 1.807) is 0 Å². The van der Waals surface area contributed by atoms with Gasteiger partial charge in [-0.1, -0.05) is 33.2 Å². The van der Waals surface area contributed by atoms with Gasteiger partial charge in [-0.25, -0.2) is 0 Å². The fourth-order valence-corrected chi connectivity index (χ4v) is 2.70. The van der Waals surface area contributed by atoms with E-state index in [1.165, 1.54) is 12.0 Å². The van der Waals surface area contributed by atoms with Gasteiger partial charge in [0.2, 0.25) is 11.7 Å². The molecule has 1 unspecified atom stereocenters. The summed E-state index contributed by atoms with van der Waals surface area (Å²) in [5.74, 6) is 2.03. The summed E-state index contributed by atoms with van der Waals surface area (Å²) in [6.45, 7) is 4.20. The van der Waals surface area contributed by atoms with E-state index in [1.807, 2.05) is 12.1 Å². The van der Waals surface area contributed by atoms with Gasteiger partial charge in [-0.3, -0.25) is 0 Å². The summed E-state index contributed by atoms with van der Waals surface area (Å²) in [6, 6.07) is 6.10. The Hall–Kier alpha value is -1.20. The van der Waals surface area contributed by atoms with Crippen molar-refractivity contribution in [3.8, 4) is 11.4 Å². The molecule has 0 saturated carbocycles. The number of aryl methyl sites for hydroxylation is 1. The fourth-order valence-electron chi connectivity index (χ4n) is 2.32. The number of benzene rings is 1. The molecule has 1 N–H and O–H groups in total. The molecule has 0 radical (unpaired) electrons. The third kappa shape index (κ3) is 2.87. The van der Waals surface area contributed by atoms with Gasteiger partial charge in [0.05, 0.1) is 0 Å². The molecule has 1 aromatic carbocycles. The summed E-state index contributed by atoms with van der Waals surface area (Å²) < 4.78 is 6.41. The summed E-state index contributed by atoms with van der Waals surface area (Å²) in [5, 5.41) is 7.42. The molecule has 1 aromatic heterocycles. The Bertz CT molecular complexity index is 576. The second-order valence-electron chi connectivity index (χ2n) is 5.04. The average Bonchev–Trinajstić information content (AvgIpc) is 3.05. The number of nitrogens with zero attached hydrogens (tertiary/aromatic N) is 2. The predicted molar refractivity (Wildman–Crippen MR) is 76.9 cm³/mol. The SMILES string of the molecule is Cc1ccc(-c2noc(CC3CCNC3)n2)cc1Br. The normalized spacial score (nSPS) is 18.9. The first-order valence-electron chi connectivity index (χ1n) is 6.52. The zero-order chi connectivity index (χ0) is 13.2. The molecule has 3 rings (SSSR count). The summed E-state index contributed by atoms with van der Waals surface area (Å²) in [6.07, 6.45) is 2.06. The highest BCUT2D eigenvalue weighted by Gasteiger charge is 2.18. The van der Waals surface area contributed by atoms with Crippen LogP contribution in [-0.4, -0.2) is 23.2 Å². The van der Waals surface area contributed by atoms with Crippen LogP contribution in [0, 0.1) is 12.8 Å². The van der Waals surface area contributed by atoms with E-state index in [0.29, 0.717) is 11.7 Å². The number of aromatic nitrogens is 2. The number of rotatable bonds is 3. The van der Waals surface area contributed by atoms with Crippen LogP contribution in [0.25, 0.3) is 11.4 Å². The van der Waals surface area contributed by atoms with E-state index in [0.717, 1.165) is 35.4 Å². The van der Waals surface area contributed by atoms with Crippen molar-refractivity contribution >= 4 is 15.9 Å². The molecule has 4 nitrogen and oxygen atoms in total. The molecule has 1 atom stereocenters. The molecule has 2 heterocycles. The molecule has 1 aliphatic rings. The predicted octanol–water partition coefficient (Wildman–Crippen LogP) is 2.96. The van der Waals surface area contributed by atoms with Crippen LogP contribution in [0.1, 0.15) is 17.9 Å². The summed E-state index contributed by atoms with van der Waals surface area (Å²) in [7, 11) is 0. The summed E-state index contributed by atoms with van der Waals surface area (Å²) >= 11 is 3.53. The standard InChI is InChI=1S/C14H16BrN3O/c1-9-2-3-11(7-12(9)15)14-17-13(19-18-14)6-10-4-5-16-8-10/h2-3,7,10,16H,4-6,8H2,1H3. The topological polar surface area (TPSA) is 51.0 Å². The van der Waals surface area contributed by atoms with Crippen LogP contribution in [0.5, 0.6) is 0 Å². The number of halogens is 1. The number of hydrogen-bond donors (Lipinski definition) is 1. The van der Waals surface area contributed by atoms with E-state index in [9.17, 15) is 0 Å². The molecule has 1 fully saturated rings. The molecule has 5 heteroatoms. The first kappa shape index (κ1) is 12.8. The Morgan fingerprint density at radius 3 is 3.11 bits per heavy atom. The first-order valence-corrected chi connectivity index (χ1v) is 7.31. The minimum atomic E-state index is 0.623. The Kier molecular flexibility index (Phi) is 3.66. The molecular formula is C14H16BrN3O. The van der Waals surface area contributed by atoms with Gasteiger partial charge in [0.25, 0.3) is 0 Å². The largest absolute Gasteiger partial charge is 0.339 e. The minimum Gasteiger partial charge on any atom is -0.339 e. The van der Waals surface area contributed by atoms with E-state index in [2.05, 4.69) is 44.4 Å².